The molecule has 3 aromatic rings. The summed E-state index contributed by atoms with van der Waals surface area (Å²) in [6, 6.07) is 9.08. The number of hydrogen-bond donors (Lipinski definition) is 1. The summed E-state index contributed by atoms with van der Waals surface area (Å²) in [5.41, 5.74) is 2.66. The second-order valence-corrected chi connectivity index (χ2v) is 8.24. The smallest absolute Gasteiger partial charge is 0.134 e. The number of pyridine rings is 1. The van der Waals surface area contributed by atoms with Gasteiger partial charge in [-0.3, -0.25) is 4.98 Å². The average Bonchev–Trinajstić information content (AvgIpc) is 2.80. The van der Waals surface area contributed by atoms with Crippen LogP contribution in [-0.2, 0) is 4.74 Å². The molecule has 1 aromatic carbocycles. The van der Waals surface area contributed by atoms with E-state index in [1.54, 1.807) is 18.5 Å². The van der Waals surface area contributed by atoms with Gasteiger partial charge in [0.05, 0.1) is 18.7 Å². The SMILES string of the molecule is Cc1cc(NC2CCCN(c3cc(N4CCOCC4)ncn3)C2)c2cc(F)ccc2n1. The first-order valence-electron chi connectivity index (χ1n) is 10.9. The van der Waals surface area contributed by atoms with Gasteiger partial charge in [0.1, 0.15) is 23.8 Å². The number of aromatic nitrogens is 3. The summed E-state index contributed by atoms with van der Waals surface area (Å²) in [6.07, 6.45) is 3.76. The molecule has 0 aliphatic carbocycles. The van der Waals surface area contributed by atoms with Crippen LogP contribution in [0.3, 0.4) is 0 Å². The summed E-state index contributed by atoms with van der Waals surface area (Å²) in [5.74, 6) is 1.66. The fraction of sp³-hybridized carbons (Fsp3) is 0.435. The molecule has 2 saturated heterocycles. The Bertz CT molecular complexity index is 1070. The lowest BCUT2D eigenvalue weighted by Gasteiger charge is -2.35. The third-order valence-electron chi connectivity index (χ3n) is 5.98. The molecule has 0 radical (unpaired) electrons. The monoisotopic (exact) mass is 422 g/mol. The zero-order chi connectivity index (χ0) is 21.2. The highest BCUT2D eigenvalue weighted by molar-refractivity contribution is 5.91. The Balaban J connectivity index is 1.35. The molecule has 1 atom stereocenters. The number of aryl methyl sites for hydroxylation is 1. The van der Waals surface area contributed by atoms with Crippen LogP contribution >= 0.6 is 0 Å². The third kappa shape index (κ3) is 4.39. The molecule has 7 nitrogen and oxygen atoms in total. The van der Waals surface area contributed by atoms with Crippen LogP contribution in [0.1, 0.15) is 18.5 Å². The van der Waals surface area contributed by atoms with Gasteiger partial charge in [0.15, 0.2) is 0 Å². The summed E-state index contributed by atoms with van der Waals surface area (Å²) in [6.45, 7) is 6.93. The number of anilines is 3. The first-order chi connectivity index (χ1) is 15.2. The van der Waals surface area contributed by atoms with E-state index < -0.39 is 0 Å². The van der Waals surface area contributed by atoms with Crippen molar-refractivity contribution in [3.63, 3.8) is 0 Å². The fourth-order valence-corrected chi connectivity index (χ4v) is 4.45. The Morgan fingerprint density at radius 1 is 1.03 bits per heavy atom. The number of rotatable bonds is 4. The summed E-state index contributed by atoms with van der Waals surface area (Å²) in [7, 11) is 0. The van der Waals surface area contributed by atoms with Crippen molar-refractivity contribution in [2.24, 2.45) is 0 Å². The molecule has 162 valence electrons. The second-order valence-electron chi connectivity index (χ2n) is 8.24. The molecular formula is C23H27FN6O. The highest BCUT2D eigenvalue weighted by Crippen LogP contribution is 2.28. The molecule has 5 rings (SSSR count). The molecule has 0 amide bonds. The lowest BCUT2D eigenvalue weighted by atomic mass is 10.0. The molecule has 0 bridgehead atoms. The standard InChI is InChI=1S/C23H27FN6O/c1-16-11-21(19-12-17(24)4-5-20(19)27-16)28-18-3-2-6-30(14-18)23-13-22(25-15-26-23)29-7-9-31-10-8-29/h4-5,11-13,15,18H,2-3,6-10,14H2,1H3,(H,27,28). The number of halogens is 1. The summed E-state index contributed by atoms with van der Waals surface area (Å²) >= 11 is 0. The van der Waals surface area contributed by atoms with Crippen LogP contribution in [0.5, 0.6) is 0 Å². The number of benzene rings is 1. The average molecular weight is 423 g/mol. The van der Waals surface area contributed by atoms with Gasteiger partial charge in [0.2, 0.25) is 0 Å². The van der Waals surface area contributed by atoms with Crippen molar-refractivity contribution in [1.29, 1.82) is 0 Å². The Labute approximate surface area is 181 Å². The molecule has 4 heterocycles. The zero-order valence-electron chi connectivity index (χ0n) is 17.7. The highest BCUT2D eigenvalue weighted by Gasteiger charge is 2.23. The van der Waals surface area contributed by atoms with E-state index in [1.807, 2.05) is 13.0 Å². The predicted octanol–water partition coefficient (Wildman–Crippen LogP) is 3.39. The molecule has 2 aliphatic heterocycles. The minimum Gasteiger partial charge on any atom is -0.380 e. The first-order valence-corrected chi connectivity index (χ1v) is 10.9. The van der Waals surface area contributed by atoms with Crippen molar-refractivity contribution in [2.75, 3.05) is 54.5 Å². The largest absolute Gasteiger partial charge is 0.380 e. The van der Waals surface area contributed by atoms with Gasteiger partial charge in [-0.25, -0.2) is 14.4 Å². The van der Waals surface area contributed by atoms with Crippen molar-refractivity contribution in [3.05, 3.63) is 48.2 Å². The number of nitrogens with one attached hydrogen (secondary N) is 1. The Hall–Kier alpha value is -3.00. The van der Waals surface area contributed by atoms with Crippen LogP contribution in [0.2, 0.25) is 0 Å². The molecular weight excluding hydrogens is 395 g/mol. The van der Waals surface area contributed by atoms with E-state index in [1.165, 1.54) is 6.07 Å². The normalized spacial score (nSPS) is 19.6. The van der Waals surface area contributed by atoms with E-state index >= 15 is 0 Å². The molecule has 0 saturated carbocycles. The molecule has 1 unspecified atom stereocenters. The number of fused-ring (bicyclic) bond motifs is 1. The minimum atomic E-state index is -0.247. The van der Waals surface area contributed by atoms with Crippen LogP contribution in [0.4, 0.5) is 21.7 Å². The lowest BCUT2D eigenvalue weighted by Crippen LogP contribution is -2.43. The number of piperidine rings is 1. The summed E-state index contributed by atoms with van der Waals surface area (Å²) in [5, 5.41) is 4.47. The van der Waals surface area contributed by atoms with Gasteiger partial charge < -0.3 is 19.9 Å². The quantitative estimate of drug-likeness (QED) is 0.691. The van der Waals surface area contributed by atoms with Crippen molar-refractivity contribution in [2.45, 2.75) is 25.8 Å². The minimum absolute atomic E-state index is 0.240. The van der Waals surface area contributed by atoms with Crippen LogP contribution in [-0.4, -0.2) is 60.4 Å². The number of morpholine rings is 1. The van der Waals surface area contributed by atoms with Crippen molar-refractivity contribution >= 4 is 28.2 Å². The van der Waals surface area contributed by atoms with Crippen molar-refractivity contribution in [1.82, 2.24) is 15.0 Å². The lowest BCUT2D eigenvalue weighted by molar-refractivity contribution is 0.122. The number of ether oxygens (including phenoxy) is 1. The Morgan fingerprint density at radius 2 is 1.84 bits per heavy atom. The predicted molar refractivity (Wildman–Crippen MR) is 120 cm³/mol. The maximum atomic E-state index is 13.9. The summed E-state index contributed by atoms with van der Waals surface area (Å²) < 4.78 is 19.3. The Kier molecular flexibility index (Phi) is 5.55. The van der Waals surface area contributed by atoms with Gasteiger partial charge >= 0.3 is 0 Å². The fourth-order valence-electron chi connectivity index (χ4n) is 4.45. The zero-order valence-corrected chi connectivity index (χ0v) is 17.7. The van der Waals surface area contributed by atoms with Crippen LogP contribution in [0, 0.1) is 12.7 Å². The van der Waals surface area contributed by atoms with Crippen LogP contribution in [0.25, 0.3) is 10.9 Å². The van der Waals surface area contributed by atoms with E-state index in [2.05, 4.69) is 36.1 Å². The molecule has 2 aromatic heterocycles. The van der Waals surface area contributed by atoms with Gasteiger partial charge in [-0.1, -0.05) is 0 Å². The maximum absolute atomic E-state index is 13.9. The van der Waals surface area contributed by atoms with Gasteiger partial charge in [-0.2, -0.15) is 0 Å². The van der Waals surface area contributed by atoms with Crippen molar-refractivity contribution < 1.29 is 9.13 Å². The molecule has 2 aliphatic rings. The Morgan fingerprint density at radius 3 is 2.68 bits per heavy atom. The molecule has 31 heavy (non-hydrogen) atoms. The van der Waals surface area contributed by atoms with Gasteiger partial charge in [-0.05, 0) is 44.0 Å². The molecule has 2 fully saturated rings. The van der Waals surface area contributed by atoms with Gasteiger partial charge in [0.25, 0.3) is 0 Å². The van der Waals surface area contributed by atoms with Gasteiger partial charge in [-0.15, -0.1) is 0 Å². The number of hydrogen-bond acceptors (Lipinski definition) is 7. The second kappa shape index (κ2) is 8.63. The molecule has 8 heteroatoms. The number of nitrogens with zero attached hydrogens (tertiary/aromatic N) is 5. The van der Waals surface area contributed by atoms with Gasteiger partial charge in [0, 0.05) is 55.1 Å². The third-order valence-corrected chi connectivity index (χ3v) is 5.98. The first kappa shape index (κ1) is 19.9. The van der Waals surface area contributed by atoms with Crippen molar-refractivity contribution in [3.8, 4) is 0 Å². The molecule has 1 N–H and O–H groups in total. The maximum Gasteiger partial charge on any atom is 0.134 e. The van der Waals surface area contributed by atoms with Crippen LogP contribution in [0.15, 0.2) is 36.7 Å². The van der Waals surface area contributed by atoms with E-state index in [0.717, 1.165) is 86.2 Å². The molecule has 0 spiro atoms. The topological polar surface area (TPSA) is 66.4 Å². The van der Waals surface area contributed by atoms with E-state index in [4.69, 9.17) is 4.74 Å². The van der Waals surface area contributed by atoms with E-state index in [-0.39, 0.29) is 11.9 Å². The van der Waals surface area contributed by atoms with Crippen LogP contribution < -0.4 is 15.1 Å². The van der Waals surface area contributed by atoms with E-state index in [9.17, 15) is 4.39 Å². The van der Waals surface area contributed by atoms with E-state index in [0.29, 0.717) is 0 Å². The summed E-state index contributed by atoms with van der Waals surface area (Å²) in [4.78, 5) is 18.1. The highest BCUT2D eigenvalue weighted by atomic mass is 19.1.